The first-order valence-electron chi connectivity index (χ1n) is 10.3. The first-order chi connectivity index (χ1) is 15.8. The second-order valence-corrected chi connectivity index (χ2v) is 12.8. The van der Waals surface area contributed by atoms with Crippen LogP contribution in [0.5, 0.6) is 0 Å². The summed E-state index contributed by atoms with van der Waals surface area (Å²) in [5, 5.41) is 3.39. The lowest BCUT2D eigenvalue weighted by molar-refractivity contribution is 0.507. The molecular weight excluding hydrogens is 480 g/mol. The fourth-order valence-electron chi connectivity index (χ4n) is 3.75. The molecule has 1 fully saturated rings. The molecule has 0 bridgehead atoms. The van der Waals surface area contributed by atoms with E-state index in [9.17, 15) is 12.6 Å². The minimum absolute atomic E-state index is 0.00169. The number of nitrogens with one attached hydrogen (secondary N) is 2. The van der Waals surface area contributed by atoms with Gasteiger partial charge in [0.1, 0.15) is 5.37 Å². The molecule has 1 saturated carbocycles. The van der Waals surface area contributed by atoms with Gasteiger partial charge < -0.3 is 11.1 Å². The van der Waals surface area contributed by atoms with Crippen molar-refractivity contribution in [3.63, 3.8) is 0 Å². The summed E-state index contributed by atoms with van der Waals surface area (Å²) in [5.41, 5.74) is 11.0. The zero-order valence-electron chi connectivity index (χ0n) is 17.7. The van der Waals surface area contributed by atoms with E-state index in [1.54, 1.807) is 18.6 Å². The highest BCUT2D eigenvalue weighted by Crippen LogP contribution is 2.48. The summed E-state index contributed by atoms with van der Waals surface area (Å²) in [4.78, 5) is 12.7. The zero-order valence-corrected chi connectivity index (χ0v) is 20.1. The minimum Gasteiger partial charge on any atom is -0.397 e. The monoisotopic (exact) mass is 502 g/mol. The molecule has 4 heterocycles. The van der Waals surface area contributed by atoms with Gasteiger partial charge in [0.15, 0.2) is 0 Å². The number of pyridine rings is 1. The number of dihydropyridines is 1. The standard InChI is InChI=1S/C21H22N6O3S3/c1-33(29,30)27-21-24-10-12(11-25-21)16-9-14(15-7-2-3-8-23-15)17-18(22)20(31-19(17)26-16)32(28)13-5-4-6-13/h2-3,7-11,13,19,26H,4-6,22H2,1H3,(H,24,25,27). The number of allylic oxidation sites excluding steroid dienone is 2. The van der Waals surface area contributed by atoms with Crippen LogP contribution in [-0.2, 0) is 20.8 Å². The predicted molar refractivity (Wildman–Crippen MR) is 131 cm³/mol. The maximum absolute atomic E-state index is 13.1. The van der Waals surface area contributed by atoms with Crippen LogP contribution >= 0.6 is 11.8 Å². The number of fused-ring (bicyclic) bond motifs is 1. The lowest BCUT2D eigenvalue weighted by Gasteiger charge is -2.26. The molecule has 0 spiro atoms. The first kappa shape index (κ1) is 22.1. The van der Waals surface area contributed by atoms with Crippen molar-refractivity contribution in [1.82, 2.24) is 20.3 Å². The van der Waals surface area contributed by atoms with E-state index in [4.69, 9.17) is 5.73 Å². The normalized spacial score (nSPS) is 21.7. The van der Waals surface area contributed by atoms with Crippen LogP contribution < -0.4 is 15.8 Å². The molecule has 2 aromatic heterocycles. The summed E-state index contributed by atoms with van der Waals surface area (Å²) < 4.78 is 39.0. The summed E-state index contributed by atoms with van der Waals surface area (Å²) >= 11 is 1.48. The van der Waals surface area contributed by atoms with Gasteiger partial charge in [-0.1, -0.05) is 24.2 Å². The topological polar surface area (TPSA) is 140 Å². The van der Waals surface area contributed by atoms with E-state index < -0.39 is 20.8 Å². The predicted octanol–water partition coefficient (Wildman–Crippen LogP) is 2.14. The molecule has 2 unspecified atom stereocenters. The van der Waals surface area contributed by atoms with Gasteiger partial charge in [0.05, 0.1) is 32.7 Å². The van der Waals surface area contributed by atoms with Crippen LogP contribution in [0.4, 0.5) is 5.95 Å². The summed E-state index contributed by atoms with van der Waals surface area (Å²) in [6.45, 7) is 0. The Morgan fingerprint density at radius 2 is 1.97 bits per heavy atom. The number of aromatic nitrogens is 3. The number of nitrogens with two attached hydrogens (primary N) is 1. The zero-order chi connectivity index (χ0) is 23.2. The van der Waals surface area contributed by atoms with Crippen LogP contribution in [0, 0.1) is 0 Å². The average Bonchev–Trinajstić information content (AvgIpc) is 3.08. The van der Waals surface area contributed by atoms with Gasteiger partial charge in [0, 0.05) is 46.2 Å². The van der Waals surface area contributed by atoms with Crippen LogP contribution in [0.15, 0.2) is 58.4 Å². The second kappa shape index (κ2) is 8.58. The Bertz CT molecular complexity index is 1320. The third-order valence-electron chi connectivity index (χ3n) is 5.58. The Kier molecular flexibility index (Phi) is 5.75. The highest BCUT2D eigenvalue weighted by atomic mass is 32.2. The number of nitrogens with zero attached hydrogens (tertiary/aromatic N) is 3. The third-order valence-corrected chi connectivity index (χ3v) is 9.60. The molecule has 0 saturated heterocycles. The van der Waals surface area contributed by atoms with Gasteiger partial charge in [-0.2, -0.15) is 0 Å². The Morgan fingerprint density at radius 3 is 2.58 bits per heavy atom. The van der Waals surface area contributed by atoms with Crippen LogP contribution in [0.2, 0.25) is 0 Å². The van der Waals surface area contributed by atoms with E-state index in [0.717, 1.165) is 52.3 Å². The molecule has 12 heteroatoms. The number of hydrogen-bond donors (Lipinski definition) is 3. The Hall–Kier alpha value is -2.70. The summed E-state index contributed by atoms with van der Waals surface area (Å²) in [6.07, 6.45) is 10.8. The van der Waals surface area contributed by atoms with Crippen molar-refractivity contribution in [2.45, 2.75) is 29.9 Å². The number of sulfonamides is 1. The number of rotatable bonds is 6. The van der Waals surface area contributed by atoms with Crippen molar-refractivity contribution in [3.05, 3.63) is 69.6 Å². The number of hydrogen-bond acceptors (Lipinski definition) is 9. The second-order valence-electron chi connectivity index (χ2n) is 7.96. The van der Waals surface area contributed by atoms with Gasteiger partial charge in [-0.05, 0) is 31.1 Å². The fraction of sp³-hybridized carbons (Fsp3) is 0.286. The lowest BCUT2D eigenvalue weighted by atomic mass is 9.96. The Labute approximate surface area is 198 Å². The molecule has 33 heavy (non-hydrogen) atoms. The fourth-order valence-corrected chi connectivity index (χ4v) is 7.66. The maximum atomic E-state index is 13.1. The molecule has 5 rings (SSSR count). The molecule has 1 aliphatic carbocycles. The van der Waals surface area contributed by atoms with E-state index in [1.807, 2.05) is 24.3 Å². The Balaban J connectivity index is 1.55. The van der Waals surface area contributed by atoms with Crippen molar-refractivity contribution in [2.75, 3.05) is 11.0 Å². The van der Waals surface area contributed by atoms with Gasteiger partial charge in [-0.3, -0.25) is 13.9 Å². The van der Waals surface area contributed by atoms with Crippen LogP contribution in [0.1, 0.15) is 30.5 Å². The van der Waals surface area contributed by atoms with Crippen molar-refractivity contribution in [1.29, 1.82) is 0 Å². The summed E-state index contributed by atoms with van der Waals surface area (Å²) in [6, 6.07) is 5.66. The van der Waals surface area contributed by atoms with Crippen LogP contribution in [-0.4, -0.2) is 44.5 Å². The minimum atomic E-state index is -3.47. The summed E-state index contributed by atoms with van der Waals surface area (Å²) in [5.74, 6) is -0.00169. The molecule has 4 N–H and O–H groups in total. The smallest absolute Gasteiger partial charge is 0.236 e. The molecule has 172 valence electrons. The number of thioether (sulfide) groups is 1. The molecule has 0 radical (unpaired) electrons. The van der Waals surface area contributed by atoms with Gasteiger partial charge >= 0.3 is 0 Å². The molecule has 0 amide bonds. The molecule has 3 aliphatic rings. The SMILES string of the molecule is CS(=O)(=O)Nc1ncc(C2=CC(c3ccccn3)=C3C(N)=C(S(=O)C4CCC4)SC3N2)cn1. The molecular formula is C21H22N6O3S3. The highest BCUT2D eigenvalue weighted by molar-refractivity contribution is 8.17. The van der Waals surface area contributed by atoms with Gasteiger partial charge in [0.25, 0.3) is 0 Å². The van der Waals surface area contributed by atoms with E-state index in [-0.39, 0.29) is 16.6 Å². The van der Waals surface area contributed by atoms with Crippen molar-refractivity contribution in [3.8, 4) is 0 Å². The molecule has 2 aromatic rings. The van der Waals surface area contributed by atoms with Crippen LogP contribution in [0.25, 0.3) is 11.3 Å². The van der Waals surface area contributed by atoms with E-state index in [2.05, 4.69) is 25.0 Å². The van der Waals surface area contributed by atoms with Crippen molar-refractivity contribution in [2.24, 2.45) is 5.73 Å². The van der Waals surface area contributed by atoms with Crippen molar-refractivity contribution < 1.29 is 12.6 Å². The maximum Gasteiger partial charge on any atom is 0.236 e. The van der Waals surface area contributed by atoms with E-state index in [0.29, 0.717) is 11.3 Å². The summed E-state index contributed by atoms with van der Waals surface area (Å²) in [7, 11) is -4.60. The van der Waals surface area contributed by atoms with Crippen LogP contribution in [0.3, 0.4) is 0 Å². The largest absolute Gasteiger partial charge is 0.397 e. The average molecular weight is 503 g/mol. The third kappa shape index (κ3) is 4.42. The van der Waals surface area contributed by atoms with Gasteiger partial charge in [0.2, 0.25) is 16.0 Å². The lowest BCUT2D eigenvalue weighted by Crippen LogP contribution is -2.30. The highest BCUT2D eigenvalue weighted by Gasteiger charge is 2.39. The van der Waals surface area contributed by atoms with E-state index >= 15 is 0 Å². The Morgan fingerprint density at radius 1 is 1.21 bits per heavy atom. The number of anilines is 1. The van der Waals surface area contributed by atoms with Gasteiger partial charge in [-0.25, -0.2) is 18.4 Å². The quantitative estimate of drug-likeness (QED) is 0.542. The first-order valence-corrected chi connectivity index (χ1v) is 14.3. The van der Waals surface area contributed by atoms with Crippen molar-refractivity contribution >= 4 is 49.8 Å². The molecule has 2 aliphatic heterocycles. The van der Waals surface area contributed by atoms with Gasteiger partial charge in [-0.15, -0.1) is 0 Å². The molecule has 9 nitrogen and oxygen atoms in total. The van der Waals surface area contributed by atoms with E-state index in [1.165, 1.54) is 11.8 Å². The molecule has 2 atom stereocenters. The molecule has 0 aromatic carbocycles.